The minimum atomic E-state index is -0.839. The van der Waals surface area contributed by atoms with Crippen molar-refractivity contribution in [2.75, 3.05) is 6.54 Å². The summed E-state index contributed by atoms with van der Waals surface area (Å²) in [5, 5.41) is 9.25. The molecule has 1 aromatic rings. The van der Waals surface area contributed by atoms with Crippen molar-refractivity contribution in [2.24, 2.45) is 5.92 Å². The predicted molar refractivity (Wildman–Crippen MR) is 62.6 cm³/mol. The Morgan fingerprint density at radius 3 is 3.00 bits per heavy atom. The monoisotopic (exact) mass is 254 g/mol. The number of thiazole rings is 1. The molecule has 2 atom stereocenters. The molecule has 1 saturated heterocycles. The highest BCUT2D eigenvalue weighted by molar-refractivity contribution is 7.09. The molecule has 2 unspecified atom stereocenters. The van der Waals surface area contributed by atoms with Gasteiger partial charge in [-0.3, -0.25) is 14.6 Å². The van der Waals surface area contributed by atoms with Crippen LogP contribution in [0.4, 0.5) is 0 Å². The molecule has 5 nitrogen and oxygen atoms in total. The van der Waals surface area contributed by atoms with E-state index in [4.69, 9.17) is 0 Å². The number of carboxylic acid groups (broad SMARTS) is 1. The Morgan fingerprint density at radius 2 is 2.47 bits per heavy atom. The second kappa shape index (κ2) is 4.83. The van der Waals surface area contributed by atoms with Crippen molar-refractivity contribution in [2.45, 2.75) is 25.8 Å². The van der Waals surface area contributed by atoms with Gasteiger partial charge in [0.2, 0.25) is 5.91 Å². The SMILES string of the molecule is CCN1C(=O)CCC(C(=O)O)C1c1cncs1. The van der Waals surface area contributed by atoms with E-state index in [1.54, 1.807) is 16.6 Å². The molecule has 1 aliphatic heterocycles. The van der Waals surface area contributed by atoms with Crippen LogP contribution in [0, 0.1) is 5.92 Å². The molecule has 1 fully saturated rings. The van der Waals surface area contributed by atoms with Gasteiger partial charge in [-0.15, -0.1) is 11.3 Å². The summed E-state index contributed by atoms with van der Waals surface area (Å²) in [6.07, 6.45) is 2.39. The maximum atomic E-state index is 11.8. The average molecular weight is 254 g/mol. The number of likely N-dealkylation sites (tertiary alicyclic amines) is 1. The Hall–Kier alpha value is -1.43. The fourth-order valence-electron chi connectivity index (χ4n) is 2.31. The van der Waals surface area contributed by atoms with E-state index in [-0.39, 0.29) is 11.9 Å². The molecule has 2 rings (SSSR count). The molecule has 0 radical (unpaired) electrons. The number of nitrogens with zero attached hydrogens (tertiary/aromatic N) is 2. The first kappa shape index (κ1) is 12.0. The molecule has 6 heteroatoms. The number of carbonyl (C=O) groups is 2. The van der Waals surface area contributed by atoms with Crippen LogP contribution in [-0.2, 0) is 9.59 Å². The summed E-state index contributed by atoms with van der Waals surface area (Å²) in [6, 6.07) is -0.355. The van der Waals surface area contributed by atoms with E-state index in [0.29, 0.717) is 19.4 Å². The van der Waals surface area contributed by atoms with Crippen LogP contribution in [0.3, 0.4) is 0 Å². The molecule has 0 aliphatic carbocycles. The number of piperidine rings is 1. The van der Waals surface area contributed by atoms with Gasteiger partial charge >= 0.3 is 5.97 Å². The number of aromatic nitrogens is 1. The van der Waals surface area contributed by atoms with Gasteiger partial charge in [0.15, 0.2) is 0 Å². The molecular weight excluding hydrogens is 240 g/mol. The highest BCUT2D eigenvalue weighted by Crippen LogP contribution is 2.38. The van der Waals surface area contributed by atoms with Gasteiger partial charge in [-0.2, -0.15) is 0 Å². The summed E-state index contributed by atoms with van der Waals surface area (Å²) in [5.41, 5.74) is 1.67. The number of hydrogen-bond acceptors (Lipinski definition) is 4. The molecule has 1 amide bonds. The molecule has 2 heterocycles. The Bertz CT molecular complexity index is 416. The van der Waals surface area contributed by atoms with Crippen molar-refractivity contribution in [1.82, 2.24) is 9.88 Å². The van der Waals surface area contributed by atoms with E-state index in [1.807, 2.05) is 6.92 Å². The zero-order valence-corrected chi connectivity index (χ0v) is 10.3. The summed E-state index contributed by atoms with van der Waals surface area (Å²) < 4.78 is 0. The zero-order valence-electron chi connectivity index (χ0n) is 9.50. The largest absolute Gasteiger partial charge is 0.481 e. The molecule has 1 aromatic heterocycles. The number of hydrogen-bond donors (Lipinski definition) is 1. The van der Waals surface area contributed by atoms with Gasteiger partial charge in [0.25, 0.3) is 0 Å². The minimum absolute atomic E-state index is 0.0309. The van der Waals surface area contributed by atoms with E-state index in [0.717, 1.165) is 4.88 Å². The third-order valence-electron chi connectivity index (χ3n) is 3.11. The van der Waals surface area contributed by atoms with E-state index in [9.17, 15) is 14.7 Å². The molecule has 0 saturated carbocycles. The first-order valence-electron chi connectivity index (χ1n) is 5.55. The third kappa shape index (κ3) is 2.17. The highest BCUT2D eigenvalue weighted by atomic mass is 32.1. The second-order valence-electron chi connectivity index (χ2n) is 4.01. The van der Waals surface area contributed by atoms with Crippen molar-refractivity contribution in [3.8, 4) is 0 Å². The van der Waals surface area contributed by atoms with E-state index in [2.05, 4.69) is 4.98 Å². The maximum absolute atomic E-state index is 11.8. The second-order valence-corrected chi connectivity index (χ2v) is 4.93. The fourth-order valence-corrected chi connectivity index (χ4v) is 3.10. The molecular formula is C11H14N2O3S. The van der Waals surface area contributed by atoms with Crippen molar-refractivity contribution in [3.63, 3.8) is 0 Å². The third-order valence-corrected chi connectivity index (χ3v) is 3.95. The van der Waals surface area contributed by atoms with Gasteiger partial charge in [-0.05, 0) is 13.3 Å². The minimum Gasteiger partial charge on any atom is -0.481 e. The van der Waals surface area contributed by atoms with Gasteiger partial charge in [0.05, 0.1) is 17.5 Å². The number of amides is 1. The zero-order chi connectivity index (χ0) is 12.4. The normalized spacial score (nSPS) is 25.0. The molecule has 1 aliphatic rings. The van der Waals surface area contributed by atoms with Gasteiger partial charge < -0.3 is 10.0 Å². The van der Waals surface area contributed by atoms with Crippen LogP contribution in [0.25, 0.3) is 0 Å². The van der Waals surface area contributed by atoms with Crippen LogP contribution < -0.4 is 0 Å². The first-order chi connectivity index (χ1) is 8.15. The van der Waals surface area contributed by atoms with Gasteiger partial charge in [-0.1, -0.05) is 0 Å². The number of rotatable bonds is 3. The molecule has 1 N–H and O–H groups in total. The summed E-state index contributed by atoms with van der Waals surface area (Å²) in [4.78, 5) is 29.6. The first-order valence-corrected chi connectivity index (χ1v) is 6.43. The smallest absolute Gasteiger partial charge is 0.308 e. The van der Waals surface area contributed by atoms with Crippen LogP contribution in [0.1, 0.15) is 30.7 Å². The number of aliphatic carboxylic acids is 1. The lowest BCUT2D eigenvalue weighted by Crippen LogP contribution is -2.44. The van der Waals surface area contributed by atoms with Crippen LogP contribution in [0.15, 0.2) is 11.7 Å². The van der Waals surface area contributed by atoms with Crippen molar-refractivity contribution in [3.05, 3.63) is 16.6 Å². The number of carbonyl (C=O) groups excluding carboxylic acids is 1. The van der Waals surface area contributed by atoms with Crippen molar-refractivity contribution in [1.29, 1.82) is 0 Å². The van der Waals surface area contributed by atoms with Gasteiger partial charge in [-0.25, -0.2) is 0 Å². The topological polar surface area (TPSA) is 70.5 Å². The van der Waals surface area contributed by atoms with Crippen LogP contribution >= 0.6 is 11.3 Å². The number of carboxylic acids is 1. The lowest BCUT2D eigenvalue weighted by molar-refractivity contribution is -0.151. The van der Waals surface area contributed by atoms with Crippen LogP contribution in [0.5, 0.6) is 0 Å². The lowest BCUT2D eigenvalue weighted by Gasteiger charge is -2.38. The summed E-state index contributed by atoms with van der Waals surface area (Å²) in [7, 11) is 0. The van der Waals surface area contributed by atoms with Gasteiger partial charge in [0, 0.05) is 24.0 Å². The fraction of sp³-hybridized carbons (Fsp3) is 0.545. The Morgan fingerprint density at radius 1 is 1.71 bits per heavy atom. The summed E-state index contributed by atoms with van der Waals surface area (Å²) >= 11 is 1.40. The molecule has 0 bridgehead atoms. The van der Waals surface area contributed by atoms with E-state index < -0.39 is 11.9 Å². The molecule has 0 aromatic carbocycles. The maximum Gasteiger partial charge on any atom is 0.308 e. The average Bonchev–Trinajstić information content (AvgIpc) is 2.81. The molecule has 92 valence electrons. The van der Waals surface area contributed by atoms with Crippen molar-refractivity contribution >= 4 is 23.2 Å². The lowest BCUT2D eigenvalue weighted by atomic mass is 9.88. The predicted octanol–water partition coefficient (Wildman–Crippen LogP) is 1.53. The van der Waals surface area contributed by atoms with Crippen LogP contribution in [-0.4, -0.2) is 33.4 Å². The van der Waals surface area contributed by atoms with Crippen molar-refractivity contribution < 1.29 is 14.7 Å². The molecule has 0 spiro atoms. The standard InChI is InChI=1S/C11H14N2O3S/c1-2-13-9(14)4-3-7(11(15)16)10(13)8-5-12-6-17-8/h5-7,10H,2-4H2,1H3,(H,15,16). The molecule has 17 heavy (non-hydrogen) atoms. The Balaban J connectivity index is 2.36. The van der Waals surface area contributed by atoms with Gasteiger partial charge in [0.1, 0.15) is 0 Å². The van der Waals surface area contributed by atoms with E-state index in [1.165, 1.54) is 11.3 Å². The Kier molecular flexibility index (Phi) is 3.42. The highest BCUT2D eigenvalue weighted by Gasteiger charge is 2.40. The Labute approximate surface area is 103 Å². The summed E-state index contributed by atoms with van der Waals surface area (Å²) in [6.45, 7) is 2.40. The summed E-state index contributed by atoms with van der Waals surface area (Å²) in [5.74, 6) is -1.33. The van der Waals surface area contributed by atoms with Crippen LogP contribution in [0.2, 0.25) is 0 Å². The van der Waals surface area contributed by atoms with E-state index >= 15 is 0 Å². The quantitative estimate of drug-likeness (QED) is 0.888.